The van der Waals surface area contributed by atoms with Gasteiger partial charge in [0, 0.05) is 0 Å². The first-order valence-electron chi connectivity index (χ1n) is 8.25. The molecule has 158 valence electrons. The quantitative estimate of drug-likeness (QED) is 0.443. The van der Waals surface area contributed by atoms with Gasteiger partial charge < -0.3 is 19.7 Å². The third kappa shape index (κ3) is 5.51. The number of hydrogen-bond acceptors (Lipinski definition) is 5. The number of hydrogen-bond donors (Lipinski definition) is 2. The number of benzene rings is 1. The van der Waals surface area contributed by atoms with Gasteiger partial charge >= 0.3 is 12.1 Å². The lowest BCUT2D eigenvalue weighted by Gasteiger charge is -2.12. The van der Waals surface area contributed by atoms with Crippen LogP contribution in [-0.2, 0) is 28.9 Å². The number of rotatable bonds is 8. The normalized spacial score (nSPS) is 13.3. The minimum atomic E-state index is -4.76. The zero-order valence-corrected chi connectivity index (χ0v) is 17.0. The number of halogens is 4. The molecule has 1 heterocycles. The molecule has 2 rings (SSSR count). The van der Waals surface area contributed by atoms with E-state index in [1.165, 1.54) is 26.2 Å². The number of aromatic nitrogens is 2. The third-order valence-electron chi connectivity index (χ3n) is 3.72. The van der Waals surface area contributed by atoms with Crippen molar-refractivity contribution < 1.29 is 37.7 Å². The monoisotopic (exact) mass is 478 g/mol. The van der Waals surface area contributed by atoms with Gasteiger partial charge in [-0.3, -0.25) is 4.68 Å². The molecular weight excluding hydrogens is 461 g/mol. The van der Waals surface area contributed by atoms with Crippen molar-refractivity contribution >= 4 is 27.5 Å². The van der Waals surface area contributed by atoms with Crippen LogP contribution in [0.1, 0.15) is 23.6 Å². The highest BCUT2D eigenvalue weighted by Gasteiger charge is 2.41. The average Bonchev–Trinajstić information content (AvgIpc) is 2.93. The first-order chi connectivity index (χ1) is 13.6. The summed E-state index contributed by atoms with van der Waals surface area (Å²) in [6.07, 6.45) is -4.67. The summed E-state index contributed by atoms with van der Waals surface area (Å²) in [6, 6.07) is 6.20. The molecule has 0 fully saturated rings. The Bertz CT molecular complexity index is 909. The Morgan fingerprint density at radius 2 is 2.03 bits per heavy atom. The van der Waals surface area contributed by atoms with Crippen LogP contribution < -0.4 is 4.74 Å². The first-order valence-corrected chi connectivity index (χ1v) is 9.04. The predicted molar refractivity (Wildman–Crippen MR) is 100 cm³/mol. The van der Waals surface area contributed by atoms with Gasteiger partial charge in [0.25, 0.3) is 0 Å². The van der Waals surface area contributed by atoms with Crippen molar-refractivity contribution in [1.29, 1.82) is 0 Å². The van der Waals surface area contributed by atoms with Crippen LogP contribution in [0.2, 0.25) is 0 Å². The summed E-state index contributed by atoms with van der Waals surface area (Å²) >= 11 is 2.86. The first kappa shape index (κ1) is 22.8. The van der Waals surface area contributed by atoms with E-state index >= 15 is 0 Å². The van der Waals surface area contributed by atoms with Gasteiger partial charge in [-0.2, -0.15) is 13.2 Å². The van der Waals surface area contributed by atoms with E-state index in [4.69, 9.17) is 9.47 Å². The van der Waals surface area contributed by atoms with E-state index < -0.39 is 29.7 Å². The summed E-state index contributed by atoms with van der Waals surface area (Å²) in [5.41, 5.74) is -0.740. The lowest BCUT2D eigenvalue weighted by atomic mass is 10.0. The molecule has 2 N–H and O–H groups in total. The second-order valence-electron chi connectivity index (χ2n) is 6.02. The van der Waals surface area contributed by atoms with Crippen LogP contribution in [0, 0.1) is 0 Å². The Hall–Kier alpha value is -2.53. The predicted octanol–water partition coefficient (Wildman–Crippen LogP) is 3.70. The Morgan fingerprint density at radius 3 is 2.59 bits per heavy atom. The number of alkyl halides is 3. The van der Waals surface area contributed by atoms with Gasteiger partial charge in [0.2, 0.25) is 5.88 Å². The molecule has 0 amide bonds. The van der Waals surface area contributed by atoms with E-state index in [2.05, 4.69) is 21.0 Å². The Kier molecular flexibility index (Phi) is 7.31. The van der Waals surface area contributed by atoms with Gasteiger partial charge in [0.05, 0.1) is 26.0 Å². The van der Waals surface area contributed by atoms with Crippen LogP contribution in [0.3, 0.4) is 0 Å². The van der Waals surface area contributed by atoms with E-state index in [0.29, 0.717) is 5.56 Å². The number of ether oxygens (including phenoxy) is 2. The molecule has 0 saturated carbocycles. The summed E-state index contributed by atoms with van der Waals surface area (Å²) in [4.78, 5) is 11.5. The standard InChI is InChI=1S/C18H18BrF3N2O5/c1-10(25)7-24-15(19)14(18(20,21)22)16(23-24)29-8-11-5-3-4-6-12(11)13(9-28-2)17(26)27/h3-6,9-10,25H,7-8H2,1-2H3,(H,26,27)/b13-9+. The largest absolute Gasteiger partial charge is 0.503 e. The second kappa shape index (κ2) is 9.31. The van der Waals surface area contributed by atoms with Crippen molar-refractivity contribution in [3.05, 3.63) is 51.8 Å². The number of aliphatic hydroxyl groups excluding tert-OH is 1. The highest BCUT2D eigenvalue weighted by Crippen LogP contribution is 2.41. The molecule has 2 aromatic rings. The number of carboxylic acids is 1. The minimum absolute atomic E-state index is 0.177. The molecule has 1 aromatic carbocycles. The molecule has 0 aliphatic rings. The Balaban J connectivity index is 2.40. The summed E-state index contributed by atoms with van der Waals surface area (Å²) in [7, 11) is 1.28. The van der Waals surface area contributed by atoms with Crippen molar-refractivity contribution in [2.75, 3.05) is 7.11 Å². The highest BCUT2D eigenvalue weighted by atomic mass is 79.9. The van der Waals surface area contributed by atoms with E-state index in [-0.39, 0.29) is 28.9 Å². The number of nitrogens with zero attached hydrogens (tertiary/aromatic N) is 2. The number of aliphatic hydroxyl groups is 1. The fraction of sp³-hybridized carbons (Fsp3) is 0.333. The molecule has 0 aliphatic heterocycles. The van der Waals surface area contributed by atoms with Crippen molar-refractivity contribution in [2.45, 2.75) is 32.4 Å². The molecular formula is C18H18BrF3N2O5. The van der Waals surface area contributed by atoms with E-state index in [1.807, 2.05) is 0 Å². The van der Waals surface area contributed by atoms with Gasteiger partial charge in [-0.25, -0.2) is 4.79 Å². The molecule has 0 aliphatic carbocycles. The van der Waals surface area contributed by atoms with Crippen LogP contribution >= 0.6 is 15.9 Å². The van der Waals surface area contributed by atoms with Gasteiger partial charge in [-0.1, -0.05) is 24.3 Å². The third-order valence-corrected chi connectivity index (χ3v) is 4.52. The molecule has 1 atom stereocenters. The lowest BCUT2D eigenvalue weighted by Crippen LogP contribution is -2.14. The van der Waals surface area contributed by atoms with Crippen LogP contribution in [-0.4, -0.2) is 39.2 Å². The summed E-state index contributed by atoms with van der Waals surface area (Å²) in [6.45, 7) is 0.864. The van der Waals surface area contributed by atoms with Gasteiger partial charge in [-0.05, 0) is 34.0 Å². The number of carbonyl (C=O) groups is 1. The molecule has 7 nitrogen and oxygen atoms in total. The highest BCUT2D eigenvalue weighted by molar-refractivity contribution is 9.10. The van der Waals surface area contributed by atoms with Crippen molar-refractivity contribution in [1.82, 2.24) is 9.78 Å². The summed E-state index contributed by atoms with van der Waals surface area (Å²) < 4.78 is 51.1. The Labute approximate surface area is 172 Å². The Morgan fingerprint density at radius 1 is 1.38 bits per heavy atom. The summed E-state index contributed by atoms with van der Waals surface area (Å²) in [5.74, 6) is -1.95. The maximum atomic E-state index is 13.5. The second-order valence-corrected chi connectivity index (χ2v) is 6.77. The van der Waals surface area contributed by atoms with Crippen LogP contribution in [0.5, 0.6) is 5.88 Å². The zero-order valence-electron chi connectivity index (χ0n) is 15.4. The van der Waals surface area contributed by atoms with Gasteiger partial charge in [-0.15, -0.1) is 5.10 Å². The molecule has 11 heteroatoms. The SMILES string of the molecule is CO/C=C(/C(=O)O)c1ccccc1COc1nn(CC(C)O)c(Br)c1C(F)(F)F. The maximum absolute atomic E-state index is 13.5. The summed E-state index contributed by atoms with van der Waals surface area (Å²) in [5, 5.41) is 22.6. The van der Waals surface area contributed by atoms with Crippen LogP contribution in [0.4, 0.5) is 13.2 Å². The number of methoxy groups -OCH3 is 1. The van der Waals surface area contributed by atoms with Crippen molar-refractivity contribution in [3.8, 4) is 5.88 Å². The zero-order chi connectivity index (χ0) is 21.8. The van der Waals surface area contributed by atoms with Crippen molar-refractivity contribution in [2.24, 2.45) is 0 Å². The van der Waals surface area contributed by atoms with Gasteiger partial charge in [0.1, 0.15) is 16.8 Å². The molecule has 29 heavy (non-hydrogen) atoms. The minimum Gasteiger partial charge on any atom is -0.503 e. The maximum Gasteiger partial charge on any atom is 0.424 e. The average molecular weight is 479 g/mol. The van der Waals surface area contributed by atoms with E-state index in [0.717, 1.165) is 10.9 Å². The lowest BCUT2D eigenvalue weighted by molar-refractivity contribution is -0.139. The molecule has 0 radical (unpaired) electrons. The number of carboxylic acid groups (broad SMARTS) is 1. The van der Waals surface area contributed by atoms with Gasteiger partial charge in [0.15, 0.2) is 5.56 Å². The van der Waals surface area contributed by atoms with Crippen LogP contribution in [0.15, 0.2) is 35.1 Å². The number of aliphatic carboxylic acids is 1. The fourth-order valence-corrected chi connectivity index (χ4v) is 3.15. The van der Waals surface area contributed by atoms with Crippen LogP contribution in [0.25, 0.3) is 5.57 Å². The molecule has 1 unspecified atom stereocenters. The van der Waals surface area contributed by atoms with E-state index in [9.17, 15) is 28.2 Å². The molecule has 0 spiro atoms. The fourth-order valence-electron chi connectivity index (χ4n) is 2.53. The van der Waals surface area contributed by atoms with Crippen molar-refractivity contribution in [3.63, 3.8) is 0 Å². The topological polar surface area (TPSA) is 93.8 Å². The smallest absolute Gasteiger partial charge is 0.424 e. The molecule has 1 aromatic heterocycles. The molecule has 0 bridgehead atoms. The van der Waals surface area contributed by atoms with E-state index in [1.54, 1.807) is 12.1 Å². The molecule has 0 saturated heterocycles.